The van der Waals surface area contributed by atoms with Crippen molar-refractivity contribution >= 4 is 17.6 Å². The quantitative estimate of drug-likeness (QED) is 0.874. The van der Waals surface area contributed by atoms with Gasteiger partial charge in [-0.25, -0.2) is 4.79 Å². The zero-order chi connectivity index (χ0) is 17.7. The second kappa shape index (κ2) is 7.89. The number of rotatable bonds is 3. The van der Waals surface area contributed by atoms with Gasteiger partial charge in [-0.1, -0.05) is 31.4 Å². The second-order valence-electron chi connectivity index (χ2n) is 7.62. The van der Waals surface area contributed by atoms with Crippen molar-refractivity contribution < 1.29 is 9.59 Å². The van der Waals surface area contributed by atoms with Gasteiger partial charge in [-0.15, -0.1) is 0 Å². The van der Waals surface area contributed by atoms with Crippen LogP contribution in [0.2, 0.25) is 0 Å². The first-order valence-electron chi connectivity index (χ1n) is 9.46. The number of hydrogen-bond donors (Lipinski definition) is 2. The molecule has 5 heteroatoms. The lowest BCUT2D eigenvalue weighted by Crippen LogP contribution is -2.48. The van der Waals surface area contributed by atoms with E-state index < -0.39 is 0 Å². The van der Waals surface area contributed by atoms with Crippen LogP contribution in [0, 0.1) is 5.41 Å². The van der Waals surface area contributed by atoms with Crippen LogP contribution in [-0.2, 0) is 11.3 Å². The van der Waals surface area contributed by atoms with E-state index in [9.17, 15) is 9.59 Å². The summed E-state index contributed by atoms with van der Waals surface area (Å²) in [5.41, 5.74) is 2.20. The maximum Gasteiger partial charge on any atom is 0.321 e. The molecule has 1 aromatic carbocycles. The molecular formula is C20H29N3O2. The van der Waals surface area contributed by atoms with Gasteiger partial charge in [0, 0.05) is 32.2 Å². The number of likely N-dealkylation sites (tertiary alicyclic amines) is 1. The molecule has 0 bridgehead atoms. The Kier molecular flexibility index (Phi) is 5.61. The molecule has 5 nitrogen and oxygen atoms in total. The molecule has 1 spiro atoms. The molecule has 3 rings (SSSR count). The van der Waals surface area contributed by atoms with Crippen LogP contribution >= 0.6 is 0 Å². The predicted molar refractivity (Wildman–Crippen MR) is 99.3 cm³/mol. The zero-order valence-corrected chi connectivity index (χ0v) is 15.1. The number of carbonyl (C=O) groups is 2. The highest BCUT2D eigenvalue weighted by molar-refractivity contribution is 5.89. The average molecular weight is 343 g/mol. The summed E-state index contributed by atoms with van der Waals surface area (Å²) in [5.74, 6) is -0.0425. The molecule has 0 unspecified atom stereocenters. The summed E-state index contributed by atoms with van der Waals surface area (Å²) in [7, 11) is 0. The summed E-state index contributed by atoms with van der Waals surface area (Å²) in [6.07, 6.45) is 8.90. The molecule has 1 aromatic rings. The van der Waals surface area contributed by atoms with E-state index in [2.05, 4.69) is 10.6 Å². The Labute approximate surface area is 150 Å². The van der Waals surface area contributed by atoms with Crippen LogP contribution < -0.4 is 10.6 Å². The highest BCUT2D eigenvalue weighted by Gasteiger charge is 2.37. The van der Waals surface area contributed by atoms with Gasteiger partial charge in [0.1, 0.15) is 0 Å². The molecule has 0 radical (unpaired) electrons. The van der Waals surface area contributed by atoms with Crippen LogP contribution in [0.4, 0.5) is 10.5 Å². The lowest BCUT2D eigenvalue weighted by atomic mass is 9.69. The Balaban J connectivity index is 1.55. The molecule has 2 N–H and O–H groups in total. The molecule has 1 heterocycles. The third-order valence-electron chi connectivity index (χ3n) is 5.61. The topological polar surface area (TPSA) is 61.4 Å². The Morgan fingerprint density at radius 2 is 1.72 bits per heavy atom. The second-order valence-corrected chi connectivity index (χ2v) is 7.62. The highest BCUT2D eigenvalue weighted by Crippen LogP contribution is 2.43. The molecule has 25 heavy (non-hydrogen) atoms. The van der Waals surface area contributed by atoms with Crippen LogP contribution in [-0.4, -0.2) is 29.9 Å². The molecule has 1 aliphatic carbocycles. The number of amides is 3. The van der Waals surface area contributed by atoms with Gasteiger partial charge in [0.2, 0.25) is 5.91 Å². The lowest BCUT2D eigenvalue weighted by Gasteiger charge is -2.45. The van der Waals surface area contributed by atoms with E-state index in [-0.39, 0.29) is 11.9 Å². The summed E-state index contributed by atoms with van der Waals surface area (Å²) < 4.78 is 0. The molecular weight excluding hydrogens is 314 g/mol. The Hall–Kier alpha value is -2.04. The number of nitrogens with one attached hydrogen (secondary N) is 2. The van der Waals surface area contributed by atoms with Crippen molar-refractivity contribution in [3.8, 4) is 0 Å². The van der Waals surface area contributed by atoms with Gasteiger partial charge >= 0.3 is 6.03 Å². The largest absolute Gasteiger partial charge is 0.352 e. The van der Waals surface area contributed by atoms with Crippen molar-refractivity contribution in [2.45, 2.75) is 58.4 Å². The number of piperidine rings is 1. The first-order valence-corrected chi connectivity index (χ1v) is 9.46. The van der Waals surface area contributed by atoms with Gasteiger partial charge in [-0.2, -0.15) is 0 Å². The Bertz CT molecular complexity index is 600. The van der Waals surface area contributed by atoms with E-state index in [1.54, 1.807) is 0 Å². The van der Waals surface area contributed by atoms with E-state index in [0.29, 0.717) is 12.0 Å². The first-order chi connectivity index (χ1) is 12.1. The number of nitrogens with zero attached hydrogens (tertiary/aromatic N) is 1. The molecule has 3 amide bonds. The van der Waals surface area contributed by atoms with Gasteiger partial charge in [-0.05, 0) is 48.8 Å². The van der Waals surface area contributed by atoms with Crippen molar-refractivity contribution in [3.63, 3.8) is 0 Å². The zero-order valence-electron chi connectivity index (χ0n) is 15.1. The fourth-order valence-electron chi connectivity index (χ4n) is 4.23. The summed E-state index contributed by atoms with van der Waals surface area (Å²) >= 11 is 0. The van der Waals surface area contributed by atoms with E-state index in [0.717, 1.165) is 30.8 Å². The van der Waals surface area contributed by atoms with Crippen molar-refractivity contribution in [2.75, 3.05) is 18.4 Å². The van der Waals surface area contributed by atoms with Crippen LogP contribution in [0.5, 0.6) is 0 Å². The number of anilines is 1. The van der Waals surface area contributed by atoms with E-state index >= 15 is 0 Å². The van der Waals surface area contributed by atoms with Crippen molar-refractivity contribution in [3.05, 3.63) is 29.8 Å². The smallest absolute Gasteiger partial charge is 0.321 e. The standard InChI is InChI=1S/C20H29N3O2/c1-16(24)21-14-17-6-8-18(9-7-17)22-19(25)23-13-5-12-20(15-23)10-3-2-4-11-20/h6-9H,2-5,10-15H2,1H3,(H,21,24)(H,22,25). The fourth-order valence-corrected chi connectivity index (χ4v) is 4.23. The molecule has 1 saturated carbocycles. The molecule has 1 aliphatic heterocycles. The minimum atomic E-state index is -0.0425. The lowest BCUT2D eigenvalue weighted by molar-refractivity contribution is -0.119. The average Bonchev–Trinajstić information content (AvgIpc) is 2.62. The minimum Gasteiger partial charge on any atom is -0.352 e. The van der Waals surface area contributed by atoms with Gasteiger partial charge in [-0.3, -0.25) is 4.79 Å². The molecule has 0 atom stereocenters. The number of hydrogen-bond acceptors (Lipinski definition) is 2. The summed E-state index contributed by atoms with van der Waals surface area (Å²) in [4.78, 5) is 25.6. The van der Waals surface area contributed by atoms with Gasteiger partial charge in [0.05, 0.1) is 0 Å². The Morgan fingerprint density at radius 1 is 1.04 bits per heavy atom. The summed E-state index contributed by atoms with van der Waals surface area (Å²) in [6.45, 7) is 3.78. The normalized spacial score (nSPS) is 19.5. The summed E-state index contributed by atoms with van der Waals surface area (Å²) in [6, 6.07) is 7.68. The third-order valence-corrected chi connectivity index (χ3v) is 5.61. The maximum absolute atomic E-state index is 12.7. The third kappa shape index (κ3) is 4.74. The van der Waals surface area contributed by atoms with Crippen LogP contribution in [0.15, 0.2) is 24.3 Å². The minimum absolute atomic E-state index is 0.0132. The van der Waals surface area contributed by atoms with Crippen LogP contribution in [0.3, 0.4) is 0 Å². The SMILES string of the molecule is CC(=O)NCc1ccc(NC(=O)N2CCCC3(CCCCC3)C2)cc1. The van der Waals surface area contributed by atoms with E-state index in [1.807, 2.05) is 29.2 Å². The van der Waals surface area contributed by atoms with Gasteiger partial charge in [0.15, 0.2) is 0 Å². The molecule has 1 saturated heterocycles. The van der Waals surface area contributed by atoms with Crippen LogP contribution in [0.25, 0.3) is 0 Å². The predicted octanol–water partition coefficient (Wildman–Crippen LogP) is 3.90. The van der Waals surface area contributed by atoms with Crippen LogP contribution in [0.1, 0.15) is 57.4 Å². The van der Waals surface area contributed by atoms with Crippen molar-refractivity contribution in [2.24, 2.45) is 5.41 Å². The van der Waals surface area contributed by atoms with Gasteiger partial charge in [0.25, 0.3) is 0 Å². The molecule has 136 valence electrons. The Morgan fingerprint density at radius 3 is 2.40 bits per heavy atom. The highest BCUT2D eigenvalue weighted by atomic mass is 16.2. The maximum atomic E-state index is 12.7. The van der Waals surface area contributed by atoms with E-state index in [4.69, 9.17) is 0 Å². The molecule has 0 aromatic heterocycles. The fraction of sp³-hybridized carbons (Fsp3) is 0.600. The number of urea groups is 1. The van der Waals surface area contributed by atoms with E-state index in [1.165, 1.54) is 45.4 Å². The first kappa shape index (κ1) is 17.8. The summed E-state index contributed by atoms with van der Waals surface area (Å²) in [5, 5.41) is 5.80. The number of benzene rings is 1. The van der Waals surface area contributed by atoms with Gasteiger partial charge < -0.3 is 15.5 Å². The number of carbonyl (C=O) groups excluding carboxylic acids is 2. The molecule has 2 aliphatic rings. The van der Waals surface area contributed by atoms with Crippen molar-refractivity contribution in [1.29, 1.82) is 0 Å². The molecule has 2 fully saturated rings. The van der Waals surface area contributed by atoms with Crippen molar-refractivity contribution in [1.82, 2.24) is 10.2 Å². The monoisotopic (exact) mass is 343 g/mol.